The number of nitrogens with zero attached hydrogens (tertiary/aromatic N) is 1. The maximum Gasteiger partial charge on any atom is 0.274 e. The average molecular weight is 316 g/mol. The number of nitro groups is 1. The number of halogens is 1. The van der Waals surface area contributed by atoms with E-state index in [1.165, 1.54) is 18.2 Å². The van der Waals surface area contributed by atoms with Gasteiger partial charge in [0.05, 0.1) is 17.1 Å². The number of hydrogen-bond acceptors (Lipinski definition) is 3. The van der Waals surface area contributed by atoms with Crippen molar-refractivity contribution in [1.82, 2.24) is 0 Å². The molecule has 0 saturated carbocycles. The zero-order valence-electron chi connectivity index (χ0n) is 11.9. The Labute approximate surface area is 129 Å². The Morgan fingerprint density at radius 3 is 2.55 bits per heavy atom. The molecule has 0 bridgehead atoms. The molecule has 0 aromatic heterocycles. The first-order valence-corrected chi connectivity index (χ1v) is 8.37. The first-order valence-electron chi connectivity index (χ1n) is 6.68. The van der Waals surface area contributed by atoms with Crippen molar-refractivity contribution in [3.05, 3.63) is 87.9 Å². The minimum atomic E-state index is -1.37. The molecule has 22 heavy (non-hydrogen) atoms. The van der Waals surface area contributed by atoms with E-state index in [1.807, 2.05) is 0 Å². The standard InChI is InChI=1S/C16H15FNO3Si/c1-2-22(12-13-7-9-15(17)10-8-13)21-11-14-5-3-4-6-16(14)18(19)20/h2-10H,1,11-12H2. The lowest BCUT2D eigenvalue weighted by Crippen LogP contribution is -2.19. The lowest BCUT2D eigenvalue weighted by molar-refractivity contribution is -0.385. The summed E-state index contributed by atoms with van der Waals surface area (Å²) in [6, 6.07) is 13.4. The Hall–Kier alpha value is -2.31. The first kappa shape index (κ1) is 16.1. The normalized spacial score (nSPS) is 10.6. The fraction of sp³-hybridized carbons (Fsp3) is 0.125. The summed E-state index contributed by atoms with van der Waals surface area (Å²) >= 11 is 0. The van der Waals surface area contributed by atoms with Crippen LogP contribution in [0.5, 0.6) is 0 Å². The summed E-state index contributed by atoms with van der Waals surface area (Å²) in [5, 5.41) is 11.0. The summed E-state index contributed by atoms with van der Waals surface area (Å²) in [7, 11) is -1.37. The second-order valence-electron chi connectivity index (χ2n) is 4.65. The summed E-state index contributed by atoms with van der Waals surface area (Å²) < 4.78 is 18.7. The molecule has 0 aliphatic rings. The molecule has 1 radical (unpaired) electrons. The van der Waals surface area contributed by atoms with Crippen molar-refractivity contribution >= 4 is 14.7 Å². The lowest BCUT2D eigenvalue weighted by Gasteiger charge is -2.12. The topological polar surface area (TPSA) is 52.4 Å². The van der Waals surface area contributed by atoms with Crippen LogP contribution in [0.2, 0.25) is 0 Å². The maximum atomic E-state index is 12.9. The highest BCUT2D eigenvalue weighted by Crippen LogP contribution is 2.19. The molecule has 0 aliphatic heterocycles. The van der Waals surface area contributed by atoms with E-state index in [1.54, 1.807) is 36.0 Å². The van der Waals surface area contributed by atoms with Gasteiger partial charge < -0.3 is 4.43 Å². The van der Waals surface area contributed by atoms with Gasteiger partial charge in [-0.3, -0.25) is 10.1 Å². The Kier molecular flexibility index (Phi) is 5.57. The zero-order chi connectivity index (χ0) is 15.9. The monoisotopic (exact) mass is 316 g/mol. The predicted molar refractivity (Wildman–Crippen MR) is 83.9 cm³/mol. The summed E-state index contributed by atoms with van der Waals surface area (Å²) in [5.41, 5.74) is 3.28. The molecule has 113 valence electrons. The molecular weight excluding hydrogens is 301 g/mol. The van der Waals surface area contributed by atoms with Gasteiger partial charge in [0.1, 0.15) is 5.82 Å². The van der Waals surface area contributed by atoms with Gasteiger partial charge in [0.15, 0.2) is 0 Å². The number of para-hydroxylation sites is 1. The third-order valence-electron chi connectivity index (χ3n) is 3.12. The smallest absolute Gasteiger partial charge is 0.274 e. The molecule has 0 spiro atoms. The molecule has 2 aromatic rings. The molecule has 2 rings (SSSR count). The van der Waals surface area contributed by atoms with Crippen LogP contribution in [0.15, 0.2) is 60.8 Å². The molecule has 0 saturated heterocycles. The van der Waals surface area contributed by atoms with E-state index in [2.05, 4.69) is 6.58 Å². The van der Waals surface area contributed by atoms with E-state index in [0.29, 0.717) is 11.6 Å². The molecular formula is C16H15FNO3Si. The Balaban J connectivity index is 2.01. The molecule has 0 unspecified atom stereocenters. The summed E-state index contributed by atoms with van der Waals surface area (Å²) in [5.74, 6) is -0.281. The number of benzene rings is 2. The van der Waals surface area contributed by atoms with Gasteiger partial charge in [-0.1, -0.05) is 30.0 Å². The second-order valence-corrected chi connectivity index (χ2v) is 6.63. The van der Waals surface area contributed by atoms with Crippen LogP contribution in [-0.4, -0.2) is 14.0 Å². The summed E-state index contributed by atoms with van der Waals surface area (Å²) in [4.78, 5) is 10.5. The van der Waals surface area contributed by atoms with Crippen LogP contribution in [0, 0.1) is 15.9 Å². The molecule has 0 aliphatic carbocycles. The highest BCUT2D eigenvalue weighted by molar-refractivity contribution is 6.56. The van der Waals surface area contributed by atoms with Gasteiger partial charge in [0, 0.05) is 6.07 Å². The van der Waals surface area contributed by atoms with Gasteiger partial charge in [-0.05, 0) is 29.8 Å². The molecule has 2 aromatic carbocycles. The third-order valence-corrected chi connectivity index (χ3v) is 4.85. The molecule has 6 heteroatoms. The Bertz CT molecular complexity index is 661. The second kappa shape index (κ2) is 7.63. The van der Waals surface area contributed by atoms with Crippen LogP contribution in [0.25, 0.3) is 0 Å². The molecule has 4 nitrogen and oxygen atoms in total. The van der Waals surface area contributed by atoms with Crippen LogP contribution in [-0.2, 0) is 17.1 Å². The summed E-state index contributed by atoms with van der Waals surface area (Å²) in [6.07, 6.45) is 0. The molecule has 0 amide bonds. The fourth-order valence-electron chi connectivity index (χ4n) is 1.97. The van der Waals surface area contributed by atoms with Crippen LogP contribution in [0.3, 0.4) is 0 Å². The highest BCUT2D eigenvalue weighted by atomic mass is 28.3. The number of nitro benzene ring substituents is 1. The van der Waals surface area contributed by atoms with Crippen LogP contribution in [0.1, 0.15) is 11.1 Å². The minimum absolute atomic E-state index is 0.0506. The van der Waals surface area contributed by atoms with Gasteiger partial charge in [0.2, 0.25) is 9.04 Å². The first-order chi connectivity index (χ1) is 10.6. The van der Waals surface area contributed by atoms with E-state index in [9.17, 15) is 14.5 Å². The van der Waals surface area contributed by atoms with Crippen molar-refractivity contribution in [3.63, 3.8) is 0 Å². The van der Waals surface area contributed by atoms with Gasteiger partial charge in [-0.2, -0.15) is 0 Å². The van der Waals surface area contributed by atoms with Gasteiger partial charge in [0.25, 0.3) is 5.69 Å². The van der Waals surface area contributed by atoms with Gasteiger partial charge in [-0.25, -0.2) is 4.39 Å². The molecule has 0 atom stereocenters. The van der Waals surface area contributed by atoms with Crippen molar-refractivity contribution in [1.29, 1.82) is 0 Å². The predicted octanol–water partition coefficient (Wildman–Crippen LogP) is 3.75. The van der Waals surface area contributed by atoms with Gasteiger partial charge in [-0.15, -0.1) is 6.58 Å². The largest absolute Gasteiger partial charge is 0.407 e. The fourth-order valence-corrected chi connectivity index (χ4v) is 3.31. The SMILES string of the molecule is C=C[Si](Cc1ccc(F)cc1)OCc1ccccc1[N+](=O)[O-]. The quantitative estimate of drug-likeness (QED) is 0.444. The highest BCUT2D eigenvalue weighted by Gasteiger charge is 2.16. The number of hydrogen-bond donors (Lipinski definition) is 0. The van der Waals surface area contributed by atoms with Crippen molar-refractivity contribution in [2.24, 2.45) is 0 Å². The lowest BCUT2D eigenvalue weighted by atomic mass is 10.2. The zero-order valence-corrected chi connectivity index (χ0v) is 12.9. The molecule has 0 N–H and O–H groups in total. The van der Waals surface area contributed by atoms with Crippen molar-refractivity contribution < 1.29 is 13.7 Å². The van der Waals surface area contributed by atoms with E-state index >= 15 is 0 Å². The Morgan fingerprint density at radius 2 is 1.91 bits per heavy atom. The minimum Gasteiger partial charge on any atom is -0.407 e. The van der Waals surface area contributed by atoms with E-state index in [0.717, 1.165) is 5.56 Å². The van der Waals surface area contributed by atoms with E-state index in [4.69, 9.17) is 4.43 Å². The van der Waals surface area contributed by atoms with Crippen LogP contribution in [0.4, 0.5) is 10.1 Å². The average Bonchev–Trinajstić information content (AvgIpc) is 2.53. The number of rotatable bonds is 7. The molecule has 0 heterocycles. The van der Waals surface area contributed by atoms with Crippen molar-refractivity contribution in [2.45, 2.75) is 12.7 Å². The van der Waals surface area contributed by atoms with Crippen molar-refractivity contribution in [3.8, 4) is 0 Å². The third kappa shape index (κ3) is 4.34. The maximum absolute atomic E-state index is 12.9. The van der Waals surface area contributed by atoms with Crippen LogP contribution >= 0.6 is 0 Å². The summed E-state index contributed by atoms with van der Waals surface area (Å²) in [6.45, 7) is 3.92. The van der Waals surface area contributed by atoms with Gasteiger partial charge >= 0.3 is 0 Å². The van der Waals surface area contributed by atoms with E-state index < -0.39 is 14.0 Å². The Morgan fingerprint density at radius 1 is 1.23 bits per heavy atom. The van der Waals surface area contributed by atoms with E-state index in [-0.39, 0.29) is 18.1 Å². The van der Waals surface area contributed by atoms with Crippen LogP contribution < -0.4 is 0 Å². The molecule has 0 fully saturated rings. The van der Waals surface area contributed by atoms with Crippen molar-refractivity contribution in [2.75, 3.05) is 0 Å².